The second kappa shape index (κ2) is 7.41. The van der Waals surface area contributed by atoms with Gasteiger partial charge in [0.05, 0.1) is 0 Å². The van der Waals surface area contributed by atoms with Crippen molar-refractivity contribution in [2.24, 2.45) is 5.92 Å². The first-order valence-corrected chi connectivity index (χ1v) is 6.25. The van der Waals surface area contributed by atoms with Gasteiger partial charge in [0.25, 0.3) is 0 Å². The summed E-state index contributed by atoms with van der Waals surface area (Å²) in [5.41, 5.74) is 1.41. The molecule has 0 aliphatic heterocycles. The van der Waals surface area contributed by atoms with E-state index in [0.29, 0.717) is 18.2 Å². The molecular formula is C14H20N2O3. The molecule has 0 unspecified atom stereocenters. The molecule has 104 valence electrons. The number of anilines is 1. The molecule has 19 heavy (non-hydrogen) atoms. The summed E-state index contributed by atoms with van der Waals surface area (Å²) in [5.74, 6) is 0.0427. The second-order valence-electron chi connectivity index (χ2n) is 4.67. The van der Waals surface area contributed by atoms with E-state index in [2.05, 4.69) is 10.6 Å². The highest BCUT2D eigenvalue weighted by atomic mass is 16.5. The van der Waals surface area contributed by atoms with Crippen LogP contribution in [-0.4, -0.2) is 18.5 Å². The number of carbonyl (C=O) groups excluding carboxylic acids is 2. The Bertz CT molecular complexity index is 444. The van der Waals surface area contributed by atoms with E-state index in [9.17, 15) is 9.59 Å². The summed E-state index contributed by atoms with van der Waals surface area (Å²) in [6.45, 7) is 6.16. The number of carbonyl (C=O) groups is 2. The van der Waals surface area contributed by atoms with Gasteiger partial charge >= 0.3 is 12.0 Å². The zero-order chi connectivity index (χ0) is 14.3. The summed E-state index contributed by atoms with van der Waals surface area (Å²) >= 11 is 0. The summed E-state index contributed by atoms with van der Waals surface area (Å²) < 4.78 is 4.94. The Balaban J connectivity index is 2.61. The van der Waals surface area contributed by atoms with Crippen molar-refractivity contribution in [1.82, 2.24) is 5.32 Å². The summed E-state index contributed by atoms with van der Waals surface area (Å²) in [5, 5.41) is 5.51. The van der Waals surface area contributed by atoms with E-state index < -0.39 is 0 Å². The Kier molecular flexibility index (Phi) is 5.85. The number of para-hydroxylation sites is 1. The Morgan fingerprint density at radius 2 is 1.95 bits per heavy atom. The molecular weight excluding hydrogens is 244 g/mol. The van der Waals surface area contributed by atoms with Gasteiger partial charge in [-0.05, 0) is 12.0 Å². The lowest BCUT2D eigenvalue weighted by Gasteiger charge is -2.12. The summed E-state index contributed by atoms with van der Waals surface area (Å²) in [6, 6.07) is 6.96. The zero-order valence-electron chi connectivity index (χ0n) is 11.5. The van der Waals surface area contributed by atoms with Gasteiger partial charge in [0, 0.05) is 24.7 Å². The standard InChI is InChI=1S/C14H20N2O3/c1-10(2)8-15-14(18)16-13-7-5-4-6-12(13)9-19-11(3)17/h4-7,10H,8-9H2,1-3H3,(H2,15,16,18). The molecule has 0 saturated heterocycles. The van der Waals surface area contributed by atoms with Gasteiger partial charge in [-0.1, -0.05) is 32.0 Å². The fourth-order valence-electron chi connectivity index (χ4n) is 1.41. The van der Waals surface area contributed by atoms with Crippen LogP contribution in [0.1, 0.15) is 26.3 Å². The molecule has 0 saturated carbocycles. The molecule has 2 N–H and O–H groups in total. The molecule has 2 amide bonds. The van der Waals surface area contributed by atoms with Crippen molar-refractivity contribution in [2.75, 3.05) is 11.9 Å². The molecule has 0 radical (unpaired) electrons. The molecule has 0 fully saturated rings. The van der Waals surface area contributed by atoms with Gasteiger partial charge in [0.15, 0.2) is 0 Å². The largest absolute Gasteiger partial charge is 0.461 e. The highest BCUT2D eigenvalue weighted by Gasteiger charge is 2.07. The number of urea groups is 1. The third kappa shape index (κ3) is 5.90. The number of hydrogen-bond acceptors (Lipinski definition) is 3. The van der Waals surface area contributed by atoms with E-state index >= 15 is 0 Å². The predicted molar refractivity (Wildman–Crippen MR) is 73.8 cm³/mol. The third-order valence-electron chi connectivity index (χ3n) is 2.37. The van der Waals surface area contributed by atoms with Crippen LogP contribution in [0.2, 0.25) is 0 Å². The van der Waals surface area contributed by atoms with Gasteiger partial charge in [0.2, 0.25) is 0 Å². The maximum absolute atomic E-state index is 11.7. The Hall–Kier alpha value is -2.04. The van der Waals surface area contributed by atoms with E-state index in [0.717, 1.165) is 5.56 Å². The van der Waals surface area contributed by atoms with Crippen LogP contribution in [0.25, 0.3) is 0 Å². The first-order valence-electron chi connectivity index (χ1n) is 6.25. The monoisotopic (exact) mass is 264 g/mol. The molecule has 5 nitrogen and oxygen atoms in total. The Labute approximate surface area is 113 Å². The topological polar surface area (TPSA) is 67.4 Å². The van der Waals surface area contributed by atoms with Crippen molar-refractivity contribution < 1.29 is 14.3 Å². The highest BCUT2D eigenvalue weighted by Crippen LogP contribution is 2.16. The molecule has 1 rings (SSSR count). The van der Waals surface area contributed by atoms with Gasteiger partial charge in [-0.15, -0.1) is 0 Å². The quantitative estimate of drug-likeness (QED) is 0.803. The molecule has 1 aromatic rings. The van der Waals surface area contributed by atoms with Crippen LogP contribution in [0.4, 0.5) is 10.5 Å². The second-order valence-corrected chi connectivity index (χ2v) is 4.67. The molecule has 0 heterocycles. The van der Waals surface area contributed by atoms with Crippen molar-refractivity contribution in [3.8, 4) is 0 Å². The number of hydrogen-bond donors (Lipinski definition) is 2. The van der Waals surface area contributed by atoms with Crippen molar-refractivity contribution in [3.05, 3.63) is 29.8 Å². The van der Waals surface area contributed by atoms with Gasteiger partial charge < -0.3 is 15.4 Å². The van der Waals surface area contributed by atoms with Crippen LogP contribution in [0.3, 0.4) is 0 Å². The fraction of sp³-hybridized carbons (Fsp3) is 0.429. The lowest BCUT2D eigenvalue weighted by molar-refractivity contribution is -0.142. The van der Waals surface area contributed by atoms with Crippen molar-refractivity contribution in [3.63, 3.8) is 0 Å². The maximum Gasteiger partial charge on any atom is 0.319 e. The lowest BCUT2D eigenvalue weighted by Crippen LogP contribution is -2.32. The lowest BCUT2D eigenvalue weighted by atomic mass is 10.2. The minimum atomic E-state index is -0.348. The number of rotatable bonds is 5. The summed E-state index contributed by atoms with van der Waals surface area (Å²) in [6.07, 6.45) is 0. The predicted octanol–water partition coefficient (Wildman–Crippen LogP) is 2.53. The minimum Gasteiger partial charge on any atom is -0.461 e. The van der Waals surface area contributed by atoms with Crippen molar-refractivity contribution in [1.29, 1.82) is 0 Å². The summed E-state index contributed by atoms with van der Waals surface area (Å²) in [7, 11) is 0. The minimum absolute atomic E-state index is 0.149. The molecule has 1 aromatic carbocycles. The zero-order valence-corrected chi connectivity index (χ0v) is 11.5. The van der Waals surface area contributed by atoms with Gasteiger partial charge in [-0.3, -0.25) is 4.79 Å². The average Bonchev–Trinajstić information content (AvgIpc) is 2.35. The summed E-state index contributed by atoms with van der Waals surface area (Å²) in [4.78, 5) is 22.5. The number of ether oxygens (including phenoxy) is 1. The smallest absolute Gasteiger partial charge is 0.319 e. The van der Waals surface area contributed by atoms with Crippen LogP contribution in [0.15, 0.2) is 24.3 Å². The number of amides is 2. The van der Waals surface area contributed by atoms with Crippen LogP contribution in [-0.2, 0) is 16.1 Å². The van der Waals surface area contributed by atoms with Crippen LogP contribution in [0, 0.1) is 5.92 Å². The average molecular weight is 264 g/mol. The molecule has 0 aliphatic rings. The molecule has 0 aromatic heterocycles. The van der Waals surface area contributed by atoms with E-state index in [1.807, 2.05) is 26.0 Å². The molecule has 0 spiro atoms. The fourth-order valence-corrected chi connectivity index (χ4v) is 1.41. The molecule has 0 bridgehead atoms. The van der Waals surface area contributed by atoms with E-state index in [1.165, 1.54) is 6.92 Å². The van der Waals surface area contributed by atoms with E-state index in [4.69, 9.17) is 4.74 Å². The van der Waals surface area contributed by atoms with E-state index in [1.54, 1.807) is 12.1 Å². The number of esters is 1. The number of nitrogens with one attached hydrogen (secondary N) is 2. The Morgan fingerprint density at radius 3 is 2.58 bits per heavy atom. The van der Waals surface area contributed by atoms with Gasteiger partial charge in [-0.2, -0.15) is 0 Å². The first kappa shape index (κ1) is 15.0. The highest BCUT2D eigenvalue weighted by molar-refractivity contribution is 5.90. The van der Waals surface area contributed by atoms with Crippen LogP contribution >= 0.6 is 0 Å². The van der Waals surface area contributed by atoms with Crippen molar-refractivity contribution >= 4 is 17.7 Å². The third-order valence-corrected chi connectivity index (χ3v) is 2.37. The first-order chi connectivity index (χ1) is 8.99. The van der Waals surface area contributed by atoms with Crippen molar-refractivity contribution in [2.45, 2.75) is 27.4 Å². The van der Waals surface area contributed by atoms with Crippen LogP contribution < -0.4 is 10.6 Å². The van der Waals surface area contributed by atoms with Gasteiger partial charge in [-0.25, -0.2) is 4.79 Å². The molecule has 5 heteroatoms. The number of benzene rings is 1. The Morgan fingerprint density at radius 1 is 1.26 bits per heavy atom. The van der Waals surface area contributed by atoms with Gasteiger partial charge in [0.1, 0.15) is 6.61 Å². The van der Waals surface area contributed by atoms with Crippen LogP contribution in [0.5, 0.6) is 0 Å². The molecule has 0 aliphatic carbocycles. The normalized spacial score (nSPS) is 10.1. The molecule has 0 atom stereocenters. The maximum atomic E-state index is 11.7. The SMILES string of the molecule is CC(=O)OCc1ccccc1NC(=O)NCC(C)C. The van der Waals surface area contributed by atoms with E-state index in [-0.39, 0.29) is 18.6 Å².